The molecule has 0 aliphatic carbocycles. The summed E-state index contributed by atoms with van der Waals surface area (Å²) < 4.78 is 0. The van der Waals surface area contributed by atoms with Gasteiger partial charge in [0.1, 0.15) is 6.20 Å². The fourth-order valence-electron chi connectivity index (χ4n) is 1.89. The van der Waals surface area contributed by atoms with Gasteiger partial charge in [0.2, 0.25) is 0 Å². The van der Waals surface area contributed by atoms with Gasteiger partial charge in [-0.1, -0.05) is 0 Å². The van der Waals surface area contributed by atoms with Crippen LogP contribution in [-0.2, 0) is 6.42 Å². The number of nitrogens with zero attached hydrogens (tertiary/aromatic N) is 3. The fourth-order valence-corrected chi connectivity index (χ4v) is 1.89. The number of pyridine rings is 1. The zero-order valence-electron chi connectivity index (χ0n) is 9.63. The SMILES string of the molecule is O=[N+]([O-])c1ccc(CCN2CCNCC2)cn1. The molecule has 6 heteroatoms. The van der Waals surface area contributed by atoms with E-state index in [0.29, 0.717) is 0 Å². The van der Waals surface area contributed by atoms with Gasteiger partial charge in [-0.25, -0.2) is 0 Å². The van der Waals surface area contributed by atoms with E-state index in [9.17, 15) is 10.1 Å². The van der Waals surface area contributed by atoms with E-state index in [1.165, 1.54) is 6.07 Å². The minimum absolute atomic E-state index is 0.0871. The smallest absolute Gasteiger partial charge is 0.358 e. The van der Waals surface area contributed by atoms with E-state index in [4.69, 9.17) is 0 Å². The molecule has 1 N–H and O–H groups in total. The van der Waals surface area contributed by atoms with Gasteiger partial charge in [-0.05, 0) is 28.0 Å². The molecule has 1 aliphatic rings. The summed E-state index contributed by atoms with van der Waals surface area (Å²) in [7, 11) is 0. The maximum atomic E-state index is 10.4. The number of nitrogens with one attached hydrogen (secondary N) is 1. The molecule has 1 aliphatic heterocycles. The molecule has 0 amide bonds. The normalized spacial score (nSPS) is 16.9. The molecule has 2 heterocycles. The van der Waals surface area contributed by atoms with Gasteiger partial charge in [-0.2, -0.15) is 0 Å². The highest BCUT2D eigenvalue weighted by molar-refractivity contribution is 5.22. The highest BCUT2D eigenvalue weighted by Gasteiger charge is 2.10. The Balaban J connectivity index is 1.84. The lowest BCUT2D eigenvalue weighted by molar-refractivity contribution is -0.389. The van der Waals surface area contributed by atoms with Gasteiger partial charge in [-0.15, -0.1) is 0 Å². The monoisotopic (exact) mass is 236 g/mol. The van der Waals surface area contributed by atoms with E-state index in [1.54, 1.807) is 12.3 Å². The number of piperazine rings is 1. The van der Waals surface area contributed by atoms with Crippen molar-refractivity contribution >= 4 is 5.82 Å². The standard InChI is InChI=1S/C11H16N4O2/c16-15(17)11-2-1-10(9-13-11)3-6-14-7-4-12-5-8-14/h1-2,9,12H,3-8H2. The first-order chi connectivity index (χ1) is 8.25. The van der Waals surface area contributed by atoms with Crippen molar-refractivity contribution in [1.29, 1.82) is 0 Å². The van der Waals surface area contributed by atoms with Crippen molar-refractivity contribution in [3.8, 4) is 0 Å². The lowest BCUT2D eigenvalue weighted by Gasteiger charge is -2.26. The van der Waals surface area contributed by atoms with Crippen molar-refractivity contribution in [2.24, 2.45) is 0 Å². The van der Waals surface area contributed by atoms with Gasteiger partial charge in [0.15, 0.2) is 0 Å². The highest BCUT2D eigenvalue weighted by atomic mass is 16.6. The molecule has 0 aromatic carbocycles. The quantitative estimate of drug-likeness (QED) is 0.606. The zero-order valence-corrected chi connectivity index (χ0v) is 9.63. The van der Waals surface area contributed by atoms with Crippen molar-refractivity contribution in [2.75, 3.05) is 32.7 Å². The lowest BCUT2D eigenvalue weighted by atomic mass is 10.2. The third kappa shape index (κ3) is 3.47. The van der Waals surface area contributed by atoms with Gasteiger partial charge in [0.05, 0.1) is 0 Å². The summed E-state index contributed by atoms with van der Waals surface area (Å²) in [5.74, 6) is -0.0871. The van der Waals surface area contributed by atoms with Gasteiger partial charge in [0.25, 0.3) is 0 Å². The second-order valence-corrected chi connectivity index (χ2v) is 4.12. The minimum Gasteiger partial charge on any atom is -0.358 e. The molecule has 0 radical (unpaired) electrons. The largest absolute Gasteiger partial charge is 0.363 e. The maximum Gasteiger partial charge on any atom is 0.363 e. The molecule has 0 saturated carbocycles. The van der Waals surface area contributed by atoms with E-state index < -0.39 is 4.92 Å². The van der Waals surface area contributed by atoms with Crippen LogP contribution in [0.15, 0.2) is 18.3 Å². The van der Waals surface area contributed by atoms with Crippen LogP contribution >= 0.6 is 0 Å². The fraction of sp³-hybridized carbons (Fsp3) is 0.545. The van der Waals surface area contributed by atoms with Crippen molar-refractivity contribution < 1.29 is 4.92 Å². The summed E-state index contributed by atoms with van der Waals surface area (Å²) in [5.41, 5.74) is 1.05. The van der Waals surface area contributed by atoms with Crippen LogP contribution in [0.2, 0.25) is 0 Å². The molecule has 0 unspecified atom stereocenters. The molecule has 1 aromatic rings. The predicted molar refractivity (Wildman–Crippen MR) is 63.9 cm³/mol. The maximum absolute atomic E-state index is 10.4. The Morgan fingerprint density at radius 2 is 2.18 bits per heavy atom. The van der Waals surface area contributed by atoms with Crippen LogP contribution in [0.3, 0.4) is 0 Å². The highest BCUT2D eigenvalue weighted by Crippen LogP contribution is 2.08. The number of hydrogen-bond donors (Lipinski definition) is 1. The molecule has 0 spiro atoms. The molecule has 0 atom stereocenters. The second kappa shape index (κ2) is 5.70. The van der Waals surface area contributed by atoms with Gasteiger partial charge in [-0.3, -0.25) is 0 Å². The first-order valence-electron chi connectivity index (χ1n) is 5.78. The van der Waals surface area contributed by atoms with Crippen LogP contribution in [-0.4, -0.2) is 47.5 Å². The van der Waals surface area contributed by atoms with Crippen LogP contribution in [0.4, 0.5) is 5.82 Å². The molecular weight excluding hydrogens is 220 g/mol. The van der Waals surface area contributed by atoms with Crippen LogP contribution < -0.4 is 5.32 Å². The van der Waals surface area contributed by atoms with Gasteiger partial charge >= 0.3 is 5.82 Å². The lowest BCUT2D eigenvalue weighted by Crippen LogP contribution is -2.44. The Bertz CT molecular complexity index is 374. The summed E-state index contributed by atoms with van der Waals surface area (Å²) in [4.78, 5) is 16.2. The minimum atomic E-state index is -0.472. The summed E-state index contributed by atoms with van der Waals surface area (Å²) in [5, 5.41) is 13.7. The molecule has 1 aromatic heterocycles. The predicted octanol–water partition coefficient (Wildman–Crippen LogP) is 0.437. The Morgan fingerprint density at radius 1 is 1.41 bits per heavy atom. The summed E-state index contributed by atoms with van der Waals surface area (Å²) >= 11 is 0. The molecule has 6 nitrogen and oxygen atoms in total. The summed E-state index contributed by atoms with van der Waals surface area (Å²) in [6.45, 7) is 5.21. The number of nitro groups is 1. The van der Waals surface area contributed by atoms with Gasteiger partial charge in [0, 0.05) is 38.8 Å². The van der Waals surface area contributed by atoms with E-state index in [0.717, 1.165) is 44.7 Å². The van der Waals surface area contributed by atoms with Crippen molar-refractivity contribution in [3.63, 3.8) is 0 Å². The molecule has 2 rings (SSSR count). The molecule has 1 fully saturated rings. The van der Waals surface area contributed by atoms with E-state index >= 15 is 0 Å². The average Bonchev–Trinajstić information content (AvgIpc) is 2.38. The number of rotatable bonds is 4. The number of hydrogen-bond acceptors (Lipinski definition) is 5. The third-order valence-electron chi connectivity index (χ3n) is 2.92. The molecule has 92 valence electrons. The molecule has 1 saturated heterocycles. The van der Waals surface area contributed by atoms with E-state index in [2.05, 4.69) is 15.2 Å². The Morgan fingerprint density at radius 3 is 2.76 bits per heavy atom. The van der Waals surface area contributed by atoms with E-state index in [-0.39, 0.29) is 5.82 Å². The summed E-state index contributed by atoms with van der Waals surface area (Å²) in [6.07, 6.45) is 2.49. The Hall–Kier alpha value is -1.53. The van der Waals surface area contributed by atoms with Crippen molar-refractivity contribution in [1.82, 2.24) is 15.2 Å². The third-order valence-corrected chi connectivity index (χ3v) is 2.92. The second-order valence-electron chi connectivity index (χ2n) is 4.12. The number of aromatic nitrogens is 1. The topological polar surface area (TPSA) is 71.3 Å². The van der Waals surface area contributed by atoms with Crippen LogP contribution in [0.5, 0.6) is 0 Å². The first-order valence-corrected chi connectivity index (χ1v) is 5.78. The Labute approximate surface area is 99.8 Å². The zero-order chi connectivity index (χ0) is 12.1. The van der Waals surface area contributed by atoms with Crippen LogP contribution in [0, 0.1) is 10.1 Å². The van der Waals surface area contributed by atoms with Crippen LogP contribution in [0.25, 0.3) is 0 Å². The molecule has 0 bridgehead atoms. The average molecular weight is 236 g/mol. The van der Waals surface area contributed by atoms with E-state index in [1.807, 2.05) is 0 Å². The Kier molecular flexibility index (Phi) is 4.00. The van der Waals surface area contributed by atoms with Crippen molar-refractivity contribution in [2.45, 2.75) is 6.42 Å². The van der Waals surface area contributed by atoms with Gasteiger partial charge < -0.3 is 20.3 Å². The molecule has 17 heavy (non-hydrogen) atoms. The first kappa shape index (κ1) is 11.9. The summed E-state index contributed by atoms with van der Waals surface area (Å²) in [6, 6.07) is 3.25. The van der Waals surface area contributed by atoms with Crippen LogP contribution in [0.1, 0.15) is 5.56 Å². The van der Waals surface area contributed by atoms with Crippen molar-refractivity contribution in [3.05, 3.63) is 34.0 Å². The molecular formula is C11H16N4O2.